The fourth-order valence-electron chi connectivity index (χ4n) is 4.27. The van der Waals surface area contributed by atoms with Gasteiger partial charge in [-0.25, -0.2) is 0 Å². The Kier molecular flexibility index (Phi) is 3.27. The molecule has 1 heteroatoms. The van der Waals surface area contributed by atoms with E-state index in [4.69, 9.17) is 0 Å². The number of rotatable bonds is 3. The Morgan fingerprint density at radius 1 is 0.640 bits per heavy atom. The molecule has 1 nitrogen and oxygen atoms in total. The third-order valence-corrected chi connectivity index (χ3v) is 5.37. The van der Waals surface area contributed by atoms with Crippen LogP contribution in [0.1, 0.15) is 19.8 Å². The van der Waals surface area contributed by atoms with Gasteiger partial charge in [0.05, 0.1) is 5.52 Å². The lowest BCUT2D eigenvalue weighted by atomic mass is 9.97. The van der Waals surface area contributed by atoms with E-state index in [0.29, 0.717) is 0 Å². The molecule has 0 aliphatic rings. The summed E-state index contributed by atoms with van der Waals surface area (Å²) < 4.78 is 2.54. The highest BCUT2D eigenvalue weighted by molar-refractivity contribution is 6.31. The zero-order chi connectivity index (χ0) is 16.8. The molecule has 0 fully saturated rings. The molecule has 0 spiro atoms. The van der Waals surface area contributed by atoms with Crippen LogP contribution < -0.4 is 0 Å². The van der Waals surface area contributed by atoms with Crippen molar-refractivity contribution >= 4 is 43.4 Å². The first-order valence-electron chi connectivity index (χ1n) is 9.20. The summed E-state index contributed by atoms with van der Waals surface area (Å²) in [5.41, 5.74) is 2.75. The first-order chi connectivity index (χ1) is 12.4. The third kappa shape index (κ3) is 2.02. The second-order valence-electron chi connectivity index (χ2n) is 6.84. The molecule has 0 radical (unpaired) electrons. The van der Waals surface area contributed by atoms with Gasteiger partial charge in [-0.15, -0.1) is 0 Å². The highest BCUT2D eigenvalue weighted by Crippen LogP contribution is 2.40. The van der Waals surface area contributed by atoms with Crippen molar-refractivity contribution in [3.8, 4) is 0 Å². The van der Waals surface area contributed by atoms with Gasteiger partial charge in [0.2, 0.25) is 0 Å². The normalized spacial score (nSPS) is 11.9. The maximum Gasteiger partial charge on any atom is 0.0577 e. The van der Waals surface area contributed by atoms with Crippen LogP contribution in [0.4, 0.5) is 0 Å². The van der Waals surface area contributed by atoms with Crippen LogP contribution in [0.3, 0.4) is 0 Å². The highest BCUT2D eigenvalue weighted by Gasteiger charge is 2.16. The Balaban J connectivity index is 2.12. The summed E-state index contributed by atoms with van der Waals surface area (Å²) in [6, 6.07) is 26.6. The van der Waals surface area contributed by atoms with Crippen molar-refractivity contribution in [3.05, 3.63) is 72.8 Å². The Hall–Kier alpha value is -2.80. The predicted octanol–water partition coefficient (Wildman–Crippen LogP) is 6.90. The quantitative estimate of drug-likeness (QED) is 0.318. The minimum atomic E-state index is 1.07. The van der Waals surface area contributed by atoms with Crippen molar-refractivity contribution in [2.45, 2.75) is 26.3 Å². The average molecular weight is 323 g/mol. The number of aromatic nitrogens is 1. The molecule has 0 atom stereocenters. The van der Waals surface area contributed by atoms with E-state index >= 15 is 0 Å². The largest absolute Gasteiger partial charge is 0.340 e. The molecule has 0 bridgehead atoms. The first-order valence-corrected chi connectivity index (χ1v) is 9.20. The van der Waals surface area contributed by atoms with Gasteiger partial charge in [0, 0.05) is 28.2 Å². The lowest BCUT2D eigenvalue weighted by molar-refractivity contribution is 0.666. The lowest BCUT2D eigenvalue weighted by Crippen LogP contribution is -1.97. The van der Waals surface area contributed by atoms with Crippen LogP contribution in [0.15, 0.2) is 72.8 Å². The standard InChI is InChI=1S/C24H21N/c1-2-3-16-25-22-15-9-8-14-21(22)23-19-12-6-4-10-17(19)18-11-5-7-13-20(18)24(23)25/h4-15H,2-3,16H2,1H3. The molecule has 0 aliphatic heterocycles. The molecule has 0 amide bonds. The van der Waals surface area contributed by atoms with Crippen molar-refractivity contribution < 1.29 is 0 Å². The molecule has 0 saturated heterocycles. The van der Waals surface area contributed by atoms with Crippen LogP contribution in [-0.2, 0) is 6.54 Å². The van der Waals surface area contributed by atoms with Gasteiger partial charge in [-0.3, -0.25) is 0 Å². The summed E-state index contributed by atoms with van der Waals surface area (Å²) >= 11 is 0. The maximum atomic E-state index is 2.54. The topological polar surface area (TPSA) is 4.93 Å². The number of nitrogens with zero attached hydrogens (tertiary/aromatic N) is 1. The molecule has 4 aromatic carbocycles. The molecule has 0 saturated carbocycles. The molecule has 1 aromatic heterocycles. The van der Waals surface area contributed by atoms with Crippen molar-refractivity contribution in [1.82, 2.24) is 4.57 Å². The molecular weight excluding hydrogens is 302 g/mol. The molecule has 1 heterocycles. The van der Waals surface area contributed by atoms with E-state index < -0.39 is 0 Å². The molecule has 0 aliphatic carbocycles. The van der Waals surface area contributed by atoms with E-state index in [1.807, 2.05) is 0 Å². The monoisotopic (exact) mass is 323 g/mol. The smallest absolute Gasteiger partial charge is 0.0577 e. The minimum Gasteiger partial charge on any atom is -0.340 e. The van der Waals surface area contributed by atoms with Gasteiger partial charge in [-0.2, -0.15) is 0 Å². The van der Waals surface area contributed by atoms with Crippen molar-refractivity contribution in [2.75, 3.05) is 0 Å². The maximum absolute atomic E-state index is 2.54. The summed E-state index contributed by atoms with van der Waals surface area (Å²) in [6.07, 6.45) is 2.41. The molecule has 0 N–H and O–H groups in total. The predicted molar refractivity (Wildman–Crippen MR) is 109 cm³/mol. The first kappa shape index (κ1) is 14.5. The lowest BCUT2D eigenvalue weighted by Gasteiger charge is -2.11. The Morgan fingerprint density at radius 2 is 1.20 bits per heavy atom. The fourth-order valence-corrected chi connectivity index (χ4v) is 4.27. The zero-order valence-electron chi connectivity index (χ0n) is 14.5. The van der Waals surface area contributed by atoms with Gasteiger partial charge in [0.15, 0.2) is 0 Å². The molecule has 0 unspecified atom stereocenters. The number of hydrogen-bond acceptors (Lipinski definition) is 0. The van der Waals surface area contributed by atoms with Gasteiger partial charge in [-0.1, -0.05) is 80.1 Å². The number of unbranched alkanes of at least 4 members (excludes halogenated alkanes) is 1. The molecule has 122 valence electrons. The van der Waals surface area contributed by atoms with E-state index in [0.717, 1.165) is 6.54 Å². The van der Waals surface area contributed by atoms with Crippen LogP contribution in [-0.4, -0.2) is 4.57 Å². The van der Waals surface area contributed by atoms with Crippen molar-refractivity contribution in [3.63, 3.8) is 0 Å². The van der Waals surface area contributed by atoms with E-state index in [2.05, 4.69) is 84.3 Å². The molecular formula is C24H21N. The average Bonchev–Trinajstić information content (AvgIpc) is 3.01. The zero-order valence-corrected chi connectivity index (χ0v) is 14.5. The van der Waals surface area contributed by atoms with Crippen LogP contribution in [0, 0.1) is 0 Å². The van der Waals surface area contributed by atoms with Crippen molar-refractivity contribution in [1.29, 1.82) is 0 Å². The Bertz CT molecular complexity index is 1230. The van der Waals surface area contributed by atoms with Crippen LogP contribution >= 0.6 is 0 Å². The molecule has 5 rings (SSSR count). The summed E-state index contributed by atoms with van der Waals surface area (Å²) in [6.45, 7) is 3.34. The summed E-state index contributed by atoms with van der Waals surface area (Å²) in [4.78, 5) is 0. The summed E-state index contributed by atoms with van der Waals surface area (Å²) in [5, 5.41) is 8.21. The number of aryl methyl sites for hydroxylation is 1. The number of benzene rings is 4. The SMILES string of the molecule is CCCCn1c2ccccc2c2c3ccccc3c3ccccc3c21. The second-order valence-corrected chi connectivity index (χ2v) is 6.84. The number of para-hydroxylation sites is 1. The van der Waals surface area contributed by atoms with E-state index in [9.17, 15) is 0 Å². The number of fused-ring (bicyclic) bond motifs is 8. The highest BCUT2D eigenvalue weighted by atomic mass is 15.0. The van der Waals surface area contributed by atoms with Gasteiger partial charge >= 0.3 is 0 Å². The Morgan fingerprint density at radius 3 is 1.92 bits per heavy atom. The van der Waals surface area contributed by atoms with E-state index in [1.54, 1.807) is 0 Å². The third-order valence-electron chi connectivity index (χ3n) is 5.37. The van der Waals surface area contributed by atoms with Gasteiger partial charge in [0.1, 0.15) is 0 Å². The fraction of sp³-hybridized carbons (Fsp3) is 0.167. The van der Waals surface area contributed by atoms with Gasteiger partial charge in [-0.05, 0) is 28.6 Å². The molecule has 25 heavy (non-hydrogen) atoms. The minimum absolute atomic E-state index is 1.07. The summed E-state index contributed by atoms with van der Waals surface area (Å²) in [7, 11) is 0. The van der Waals surface area contributed by atoms with Crippen molar-refractivity contribution in [2.24, 2.45) is 0 Å². The van der Waals surface area contributed by atoms with E-state index in [1.165, 1.54) is 56.2 Å². The number of hydrogen-bond donors (Lipinski definition) is 0. The van der Waals surface area contributed by atoms with E-state index in [-0.39, 0.29) is 0 Å². The Labute approximate surface area is 147 Å². The van der Waals surface area contributed by atoms with Crippen LogP contribution in [0.25, 0.3) is 43.4 Å². The van der Waals surface area contributed by atoms with Gasteiger partial charge in [0.25, 0.3) is 0 Å². The second kappa shape index (κ2) is 5.63. The molecule has 5 aromatic rings. The summed E-state index contributed by atoms with van der Waals surface area (Å²) in [5.74, 6) is 0. The van der Waals surface area contributed by atoms with Gasteiger partial charge < -0.3 is 4.57 Å². The van der Waals surface area contributed by atoms with Crippen LogP contribution in [0.5, 0.6) is 0 Å². The van der Waals surface area contributed by atoms with Crippen LogP contribution in [0.2, 0.25) is 0 Å².